The number of anilines is 7. The number of nitrogens with one attached hydrogen (secondary N) is 4. The van der Waals surface area contributed by atoms with Crippen LogP contribution in [-0.2, 0) is 4.79 Å². The summed E-state index contributed by atoms with van der Waals surface area (Å²) < 4.78 is 0. The Hall–Kier alpha value is -5.44. The number of para-hydroxylation sites is 2. The largest absolute Gasteiger partial charge is 0.369 e. The molecular formula is C33H32ClN9O2. The summed E-state index contributed by atoms with van der Waals surface area (Å²) in [6.45, 7) is 9.22. The summed E-state index contributed by atoms with van der Waals surface area (Å²) in [6.07, 6.45) is 2.57. The predicted octanol–water partition coefficient (Wildman–Crippen LogP) is 5.93. The highest BCUT2D eigenvalue weighted by atomic mass is 35.5. The van der Waals surface area contributed by atoms with Crippen molar-refractivity contribution in [2.75, 3.05) is 59.4 Å². The monoisotopic (exact) mass is 621 g/mol. The van der Waals surface area contributed by atoms with Crippen LogP contribution in [0, 0.1) is 18.3 Å². The van der Waals surface area contributed by atoms with Gasteiger partial charge in [-0.1, -0.05) is 30.3 Å². The fraction of sp³-hybridized carbons (Fsp3) is 0.182. The molecule has 3 aromatic carbocycles. The molecule has 0 bridgehead atoms. The van der Waals surface area contributed by atoms with Gasteiger partial charge in [-0.25, -0.2) is 4.98 Å². The lowest BCUT2D eigenvalue weighted by atomic mass is 10.1. The van der Waals surface area contributed by atoms with E-state index in [1.54, 1.807) is 37.3 Å². The van der Waals surface area contributed by atoms with Crippen molar-refractivity contribution < 1.29 is 9.59 Å². The normalized spacial score (nSPS) is 13.0. The molecule has 2 heterocycles. The number of halogens is 1. The fourth-order valence-electron chi connectivity index (χ4n) is 4.81. The lowest BCUT2D eigenvalue weighted by Gasteiger charge is -2.34. The van der Waals surface area contributed by atoms with Crippen LogP contribution in [0.4, 0.5) is 40.2 Å². The van der Waals surface area contributed by atoms with E-state index in [0.717, 1.165) is 37.6 Å². The number of likely N-dealkylation sites (N-methyl/N-ethyl adjacent to an activating group) is 1. The summed E-state index contributed by atoms with van der Waals surface area (Å²) in [5, 5.41) is 21.5. The van der Waals surface area contributed by atoms with Crippen LogP contribution in [0.3, 0.4) is 0 Å². The van der Waals surface area contributed by atoms with Crippen molar-refractivity contribution in [2.45, 2.75) is 6.92 Å². The van der Waals surface area contributed by atoms with Crippen LogP contribution in [0.15, 0.2) is 79.5 Å². The molecule has 1 aliphatic rings. The average molecular weight is 622 g/mol. The number of nitrogens with zero attached hydrogens (tertiary/aromatic N) is 5. The highest BCUT2D eigenvalue weighted by molar-refractivity contribution is 6.34. The van der Waals surface area contributed by atoms with E-state index < -0.39 is 11.8 Å². The van der Waals surface area contributed by atoms with Crippen LogP contribution < -0.4 is 26.2 Å². The standard InChI is InChI=1S/C33H32ClN9O2/c1-4-29(44)38-27-7-5-6-8-28(27)39-31-25(32(45)40-30-21(2)17-22(19-35)18-26(30)34)20-36-33(41-31)37-23-9-11-24(12-10-23)43-15-13-42(3)14-16-43/h4-12,17-18,20H,1,13-16H2,2-3H3,(H,38,44)(H,40,45)(H2,36,37,39,41). The van der Waals surface area contributed by atoms with E-state index in [1.807, 2.05) is 12.1 Å². The van der Waals surface area contributed by atoms with E-state index in [2.05, 4.69) is 72.9 Å². The Bertz CT molecular complexity index is 1760. The number of rotatable bonds is 9. The Labute approximate surface area is 266 Å². The van der Waals surface area contributed by atoms with Crippen molar-refractivity contribution in [3.8, 4) is 6.07 Å². The van der Waals surface area contributed by atoms with Gasteiger partial charge in [0.25, 0.3) is 5.91 Å². The molecule has 1 fully saturated rings. The van der Waals surface area contributed by atoms with Gasteiger partial charge in [0.2, 0.25) is 11.9 Å². The number of aromatic nitrogens is 2. The first-order valence-corrected chi connectivity index (χ1v) is 14.6. The third-order valence-electron chi connectivity index (χ3n) is 7.30. The second kappa shape index (κ2) is 13.9. The molecular weight excluding hydrogens is 590 g/mol. The Balaban J connectivity index is 1.44. The second-order valence-electron chi connectivity index (χ2n) is 10.5. The first-order chi connectivity index (χ1) is 21.7. The summed E-state index contributed by atoms with van der Waals surface area (Å²) >= 11 is 6.40. The van der Waals surface area contributed by atoms with Gasteiger partial charge >= 0.3 is 0 Å². The summed E-state index contributed by atoms with van der Waals surface area (Å²) in [5.74, 6) is -0.482. The van der Waals surface area contributed by atoms with E-state index in [0.29, 0.717) is 28.2 Å². The molecule has 11 nitrogen and oxygen atoms in total. The molecule has 1 aliphatic heterocycles. The molecule has 0 unspecified atom stereocenters. The van der Waals surface area contributed by atoms with Gasteiger partial charge in [-0.2, -0.15) is 10.2 Å². The zero-order valence-electron chi connectivity index (χ0n) is 24.9. The van der Waals surface area contributed by atoms with E-state index in [1.165, 1.54) is 18.3 Å². The summed E-state index contributed by atoms with van der Waals surface area (Å²) in [4.78, 5) is 39.4. The fourth-order valence-corrected chi connectivity index (χ4v) is 5.13. The molecule has 4 N–H and O–H groups in total. The molecule has 228 valence electrons. The maximum absolute atomic E-state index is 13.6. The molecule has 2 amide bonds. The van der Waals surface area contributed by atoms with Gasteiger partial charge in [-0.3, -0.25) is 9.59 Å². The van der Waals surface area contributed by atoms with Crippen molar-refractivity contribution in [3.63, 3.8) is 0 Å². The van der Waals surface area contributed by atoms with Gasteiger partial charge in [0.15, 0.2) is 0 Å². The van der Waals surface area contributed by atoms with Gasteiger partial charge in [-0.15, -0.1) is 0 Å². The molecule has 1 saturated heterocycles. The number of hydrogen-bond acceptors (Lipinski definition) is 9. The minimum absolute atomic E-state index is 0.121. The van der Waals surface area contributed by atoms with Crippen LogP contribution in [-0.4, -0.2) is 59.9 Å². The van der Waals surface area contributed by atoms with Crippen LogP contribution in [0.2, 0.25) is 5.02 Å². The van der Waals surface area contributed by atoms with Gasteiger partial charge < -0.3 is 31.1 Å². The van der Waals surface area contributed by atoms with Gasteiger partial charge in [0.1, 0.15) is 11.4 Å². The van der Waals surface area contributed by atoms with Crippen LogP contribution in [0.5, 0.6) is 0 Å². The third-order valence-corrected chi connectivity index (χ3v) is 7.60. The van der Waals surface area contributed by atoms with Crippen molar-refractivity contribution in [1.82, 2.24) is 14.9 Å². The van der Waals surface area contributed by atoms with Gasteiger partial charge in [-0.05, 0) is 74.1 Å². The van der Waals surface area contributed by atoms with Crippen LogP contribution >= 0.6 is 11.6 Å². The quantitative estimate of drug-likeness (QED) is 0.168. The maximum atomic E-state index is 13.6. The molecule has 4 aromatic rings. The molecule has 5 rings (SSSR count). The smallest absolute Gasteiger partial charge is 0.261 e. The first-order valence-electron chi connectivity index (χ1n) is 14.2. The molecule has 0 aliphatic carbocycles. The molecule has 45 heavy (non-hydrogen) atoms. The Kier molecular flexibility index (Phi) is 9.57. The number of hydrogen-bond donors (Lipinski definition) is 4. The molecule has 0 spiro atoms. The second-order valence-corrected chi connectivity index (χ2v) is 10.9. The average Bonchev–Trinajstić information content (AvgIpc) is 3.04. The Morgan fingerprint density at radius 2 is 1.71 bits per heavy atom. The highest BCUT2D eigenvalue weighted by Gasteiger charge is 2.20. The number of amides is 2. The number of carbonyl (C=O) groups is 2. The zero-order valence-corrected chi connectivity index (χ0v) is 25.7. The number of carbonyl (C=O) groups excluding carboxylic acids is 2. The number of benzene rings is 3. The topological polar surface area (TPSA) is 138 Å². The van der Waals surface area contributed by atoms with E-state index in [4.69, 9.17) is 11.6 Å². The van der Waals surface area contributed by atoms with Crippen molar-refractivity contribution in [1.29, 1.82) is 5.26 Å². The molecule has 0 saturated carbocycles. The number of nitriles is 1. The Morgan fingerprint density at radius 3 is 2.38 bits per heavy atom. The molecule has 1 aromatic heterocycles. The maximum Gasteiger partial charge on any atom is 0.261 e. The summed E-state index contributed by atoms with van der Waals surface area (Å²) in [5.41, 5.74) is 4.37. The summed E-state index contributed by atoms with van der Waals surface area (Å²) in [6, 6.07) is 20.2. The SMILES string of the molecule is C=CC(=O)Nc1ccccc1Nc1nc(Nc2ccc(N3CCN(C)CC3)cc2)ncc1C(=O)Nc1c(C)cc(C#N)cc1Cl. The van der Waals surface area contributed by atoms with E-state index in [-0.39, 0.29) is 22.4 Å². The number of piperazine rings is 1. The summed E-state index contributed by atoms with van der Waals surface area (Å²) in [7, 11) is 2.13. The van der Waals surface area contributed by atoms with Crippen molar-refractivity contribution >= 4 is 63.6 Å². The lowest BCUT2D eigenvalue weighted by molar-refractivity contribution is -0.111. The lowest BCUT2D eigenvalue weighted by Crippen LogP contribution is -2.44. The minimum Gasteiger partial charge on any atom is -0.369 e. The third kappa shape index (κ3) is 7.56. The van der Waals surface area contributed by atoms with E-state index in [9.17, 15) is 14.9 Å². The molecule has 0 radical (unpaired) electrons. The Morgan fingerprint density at radius 1 is 1.00 bits per heavy atom. The predicted molar refractivity (Wildman–Crippen MR) is 179 cm³/mol. The molecule has 12 heteroatoms. The zero-order chi connectivity index (χ0) is 31.9. The van der Waals surface area contributed by atoms with E-state index >= 15 is 0 Å². The first kappa shape index (κ1) is 31.0. The van der Waals surface area contributed by atoms with Crippen LogP contribution in [0.25, 0.3) is 0 Å². The number of aryl methyl sites for hydroxylation is 1. The van der Waals surface area contributed by atoms with Crippen molar-refractivity contribution in [3.05, 3.63) is 101 Å². The van der Waals surface area contributed by atoms with Crippen molar-refractivity contribution in [2.24, 2.45) is 0 Å². The molecule has 0 atom stereocenters. The van der Waals surface area contributed by atoms with Crippen LogP contribution in [0.1, 0.15) is 21.5 Å². The van der Waals surface area contributed by atoms with Gasteiger partial charge in [0.05, 0.1) is 33.7 Å². The minimum atomic E-state index is -0.525. The highest BCUT2D eigenvalue weighted by Crippen LogP contribution is 2.31. The van der Waals surface area contributed by atoms with Gasteiger partial charge in [0, 0.05) is 43.8 Å².